The molecule has 2 amide bonds. The number of nitrogen functional groups attached to an aromatic ring is 1. The van der Waals surface area contributed by atoms with E-state index in [9.17, 15) is 9.59 Å². The second-order valence-corrected chi connectivity index (χ2v) is 4.00. The number of carbonyl (C=O) groups is 2. The summed E-state index contributed by atoms with van der Waals surface area (Å²) in [5.41, 5.74) is 13.7. The molecule has 0 aliphatic carbocycles. The molecule has 7 N–H and O–H groups in total. The van der Waals surface area contributed by atoms with E-state index in [4.69, 9.17) is 17.3 Å². The van der Waals surface area contributed by atoms with Crippen LogP contribution in [0, 0.1) is 0 Å². The number of nitrogens with one attached hydrogen (secondary N) is 1. The van der Waals surface area contributed by atoms with Crippen LogP contribution >= 0.6 is 0 Å². The zero-order valence-electron chi connectivity index (χ0n) is 10.5. The third kappa shape index (κ3) is 5.32. The Morgan fingerprint density at radius 3 is 2.63 bits per heavy atom. The lowest BCUT2D eigenvalue weighted by Gasteiger charge is -2.20. The molecule has 0 bridgehead atoms. The van der Waals surface area contributed by atoms with Gasteiger partial charge in [0.15, 0.2) is 0 Å². The van der Waals surface area contributed by atoms with E-state index in [1.54, 1.807) is 12.1 Å². The molecule has 0 aromatic carbocycles. The van der Waals surface area contributed by atoms with Crippen LogP contribution in [0.15, 0.2) is 18.3 Å². The fourth-order valence-electron chi connectivity index (χ4n) is 1.51. The van der Waals surface area contributed by atoms with Gasteiger partial charge in [0, 0.05) is 19.3 Å². The van der Waals surface area contributed by atoms with Crippen LogP contribution in [-0.2, 0) is 16.0 Å². The molecule has 0 radical (unpaired) electrons. The molecule has 0 saturated heterocycles. The Hall–Kier alpha value is -2.19. The number of anilines is 1. The van der Waals surface area contributed by atoms with Gasteiger partial charge in [-0.1, -0.05) is 6.07 Å². The summed E-state index contributed by atoms with van der Waals surface area (Å²) in [7, 11) is 0. The lowest BCUT2D eigenvalue weighted by molar-refractivity contribution is -0.134. The summed E-state index contributed by atoms with van der Waals surface area (Å²) in [6, 6.07) is 3.33. The van der Waals surface area contributed by atoms with Gasteiger partial charge in [-0.15, -0.1) is 0 Å². The molecule has 0 fully saturated rings. The standard InChI is InChI=1S/C11H18N6O2/c12-9-2-1-8(6-15-9)5-11(19)17(4-3-16-14)7-10(13)18/h1-2,6,16H,3-5,7,14H2,(H2,12,15)(H2,13,18). The highest BCUT2D eigenvalue weighted by Gasteiger charge is 2.15. The van der Waals surface area contributed by atoms with Gasteiger partial charge in [-0.05, 0) is 11.6 Å². The molecule has 8 heteroatoms. The van der Waals surface area contributed by atoms with Gasteiger partial charge in [-0.3, -0.25) is 20.9 Å². The molecule has 0 unspecified atom stereocenters. The first-order chi connectivity index (χ1) is 9.02. The summed E-state index contributed by atoms with van der Waals surface area (Å²) >= 11 is 0. The van der Waals surface area contributed by atoms with Gasteiger partial charge >= 0.3 is 0 Å². The van der Waals surface area contributed by atoms with Crippen molar-refractivity contribution in [1.82, 2.24) is 15.3 Å². The van der Waals surface area contributed by atoms with Gasteiger partial charge in [0.05, 0.1) is 13.0 Å². The van der Waals surface area contributed by atoms with Crippen LogP contribution in [0.5, 0.6) is 0 Å². The second kappa shape index (κ2) is 7.29. The van der Waals surface area contributed by atoms with E-state index in [1.807, 2.05) is 0 Å². The first-order valence-electron chi connectivity index (χ1n) is 5.73. The molecule has 0 aliphatic rings. The van der Waals surface area contributed by atoms with E-state index >= 15 is 0 Å². The highest BCUT2D eigenvalue weighted by molar-refractivity contribution is 5.85. The van der Waals surface area contributed by atoms with Crippen LogP contribution < -0.4 is 22.7 Å². The number of nitrogens with two attached hydrogens (primary N) is 3. The topological polar surface area (TPSA) is 140 Å². The van der Waals surface area contributed by atoms with Crippen molar-refractivity contribution in [3.63, 3.8) is 0 Å². The van der Waals surface area contributed by atoms with Crippen LogP contribution in [0.25, 0.3) is 0 Å². The van der Waals surface area contributed by atoms with Crippen molar-refractivity contribution in [2.45, 2.75) is 6.42 Å². The summed E-state index contributed by atoms with van der Waals surface area (Å²) in [6.45, 7) is 0.544. The zero-order chi connectivity index (χ0) is 14.3. The Morgan fingerprint density at radius 2 is 2.11 bits per heavy atom. The van der Waals surface area contributed by atoms with E-state index in [1.165, 1.54) is 11.1 Å². The third-order valence-electron chi connectivity index (χ3n) is 2.43. The molecule has 0 saturated carbocycles. The number of rotatable bonds is 7. The maximum Gasteiger partial charge on any atom is 0.237 e. The Balaban J connectivity index is 2.64. The zero-order valence-corrected chi connectivity index (χ0v) is 10.5. The molecule has 104 valence electrons. The number of amides is 2. The molecule has 0 spiro atoms. The number of aromatic nitrogens is 1. The molecular formula is C11H18N6O2. The minimum atomic E-state index is -0.569. The highest BCUT2D eigenvalue weighted by Crippen LogP contribution is 2.04. The van der Waals surface area contributed by atoms with Gasteiger partial charge in [-0.2, -0.15) is 0 Å². The smallest absolute Gasteiger partial charge is 0.237 e. The molecule has 1 heterocycles. The molecule has 1 aromatic heterocycles. The van der Waals surface area contributed by atoms with E-state index < -0.39 is 5.91 Å². The minimum Gasteiger partial charge on any atom is -0.384 e. The van der Waals surface area contributed by atoms with Crippen molar-refractivity contribution in [2.75, 3.05) is 25.4 Å². The van der Waals surface area contributed by atoms with E-state index in [0.29, 0.717) is 18.9 Å². The number of hydrogen-bond acceptors (Lipinski definition) is 6. The summed E-state index contributed by atoms with van der Waals surface area (Å²) in [5.74, 6) is 4.75. The fourth-order valence-corrected chi connectivity index (χ4v) is 1.51. The van der Waals surface area contributed by atoms with Crippen LogP contribution in [0.3, 0.4) is 0 Å². The molecule has 19 heavy (non-hydrogen) atoms. The normalized spacial score (nSPS) is 10.2. The maximum absolute atomic E-state index is 12.0. The monoisotopic (exact) mass is 266 g/mol. The van der Waals surface area contributed by atoms with Gasteiger partial charge < -0.3 is 16.4 Å². The van der Waals surface area contributed by atoms with Crippen LogP contribution in [0.2, 0.25) is 0 Å². The Kier molecular flexibility index (Phi) is 5.71. The first-order valence-corrected chi connectivity index (χ1v) is 5.73. The average Bonchev–Trinajstić information content (AvgIpc) is 2.36. The van der Waals surface area contributed by atoms with E-state index in [-0.39, 0.29) is 18.9 Å². The molecule has 1 aromatic rings. The number of hydrazine groups is 1. The molecule has 1 rings (SSSR count). The predicted molar refractivity (Wildman–Crippen MR) is 70.3 cm³/mol. The van der Waals surface area contributed by atoms with Crippen molar-refractivity contribution in [3.8, 4) is 0 Å². The Labute approximate surface area is 110 Å². The molecule has 0 atom stereocenters. The van der Waals surface area contributed by atoms with Crippen LogP contribution in [0.1, 0.15) is 5.56 Å². The molecular weight excluding hydrogens is 248 g/mol. The lowest BCUT2D eigenvalue weighted by atomic mass is 10.2. The van der Waals surface area contributed by atoms with E-state index in [2.05, 4.69) is 10.4 Å². The van der Waals surface area contributed by atoms with Crippen molar-refractivity contribution in [3.05, 3.63) is 23.9 Å². The number of carbonyl (C=O) groups excluding carboxylic acids is 2. The van der Waals surface area contributed by atoms with Crippen molar-refractivity contribution in [1.29, 1.82) is 0 Å². The van der Waals surface area contributed by atoms with Crippen LogP contribution in [-0.4, -0.2) is 41.3 Å². The lowest BCUT2D eigenvalue weighted by Crippen LogP contribution is -2.43. The maximum atomic E-state index is 12.0. The summed E-state index contributed by atoms with van der Waals surface area (Å²) in [4.78, 5) is 28.2. The van der Waals surface area contributed by atoms with Gasteiger partial charge in [0.2, 0.25) is 11.8 Å². The minimum absolute atomic E-state index is 0.130. The second-order valence-electron chi connectivity index (χ2n) is 4.00. The predicted octanol–water partition coefficient (Wildman–Crippen LogP) is -2.02. The average molecular weight is 266 g/mol. The van der Waals surface area contributed by atoms with E-state index in [0.717, 1.165) is 5.56 Å². The summed E-state index contributed by atoms with van der Waals surface area (Å²) < 4.78 is 0. The summed E-state index contributed by atoms with van der Waals surface area (Å²) in [6.07, 6.45) is 1.65. The van der Waals surface area contributed by atoms with Crippen molar-refractivity contribution in [2.24, 2.45) is 11.6 Å². The molecule has 8 nitrogen and oxygen atoms in total. The fraction of sp³-hybridized carbons (Fsp3) is 0.364. The van der Waals surface area contributed by atoms with Gasteiger partial charge in [-0.25, -0.2) is 4.98 Å². The largest absolute Gasteiger partial charge is 0.384 e. The number of primary amides is 1. The Bertz CT molecular complexity index is 433. The van der Waals surface area contributed by atoms with Gasteiger partial charge in [0.25, 0.3) is 0 Å². The van der Waals surface area contributed by atoms with Crippen molar-refractivity contribution >= 4 is 17.6 Å². The van der Waals surface area contributed by atoms with Crippen LogP contribution in [0.4, 0.5) is 5.82 Å². The first kappa shape index (κ1) is 14.9. The summed E-state index contributed by atoms with van der Waals surface area (Å²) in [5, 5.41) is 0. The number of hydrogen-bond donors (Lipinski definition) is 4. The number of nitrogens with zero attached hydrogens (tertiary/aromatic N) is 2. The Morgan fingerprint density at radius 1 is 1.37 bits per heavy atom. The quantitative estimate of drug-likeness (QED) is 0.332. The highest BCUT2D eigenvalue weighted by atomic mass is 16.2. The third-order valence-corrected chi connectivity index (χ3v) is 2.43. The van der Waals surface area contributed by atoms with Gasteiger partial charge in [0.1, 0.15) is 5.82 Å². The molecule has 0 aliphatic heterocycles. The van der Waals surface area contributed by atoms with Crippen molar-refractivity contribution < 1.29 is 9.59 Å². The SMILES string of the molecule is NNCCN(CC(N)=O)C(=O)Cc1ccc(N)nc1. The number of pyridine rings is 1.